The maximum atomic E-state index is 5.45. The Morgan fingerprint density at radius 3 is 1.24 bits per heavy atom. The van der Waals surface area contributed by atoms with Crippen LogP contribution in [0.1, 0.15) is 0 Å². The van der Waals surface area contributed by atoms with Gasteiger partial charge in [-0.25, -0.2) is 0 Å². The van der Waals surface area contributed by atoms with Crippen LogP contribution in [-0.4, -0.2) is 35.9 Å². The summed E-state index contributed by atoms with van der Waals surface area (Å²) in [5.41, 5.74) is 2.25. The summed E-state index contributed by atoms with van der Waals surface area (Å²) < 4.78 is 10.9. The molecule has 0 saturated heterocycles. The van der Waals surface area contributed by atoms with Gasteiger partial charge in [0.1, 0.15) is 11.5 Å². The van der Waals surface area contributed by atoms with Gasteiger partial charge in [-0.05, 0) is 48.5 Å². The van der Waals surface area contributed by atoms with Crippen LogP contribution in [0.25, 0.3) is 0 Å². The third-order valence-corrected chi connectivity index (χ3v) is 3.07. The minimum absolute atomic E-state index is 0.741. The zero-order valence-electron chi connectivity index (χ0n) is 12.9. The Hall–Kier alpha value is -2.30. The number of rotatable bonds is 6. The molecule has 0 spiro atoms. The first-order valence-corrected chi connectivity index (χ1v) is 6.76. The monoisotopic (exact) mass is 283 g/mol. The number of nitrogens with zero attached hydrogens (tertiary/aromatic N) is 2. The predicted molar refractivity (Wildman–Crippen MR) is 88.5 cm³/mol. The van der Waals surface area contributed by atoms with Crippen LogP contribution < -0.4 is 19.1 Å². The smallest absolute Gasteiger partial charge is 0.526 e. The molecule has 0 unspecified atom stereocenters. The molecule has 0 fully saturated rings. The normalized spacial score (nSPS) is 9.90. The van der Waals surface area contributed by atoms with Crippen molar-refractivity contribution < 1.29 is 9.31 Å². The molecule has 0 aliphatic carbocycles. The number of benzene rings is 2. The maximum Gasteiger partial charge on any atom is 0.658 e. The van der Waals surface area contributed by atoms with Gasteiger partial charge in [0.15, 0.2) is 0 Å². The minimum atomic E-state index is 0.741. The van der Waals surface area contributed by atoms with Gasteiger partial charge < -0.3 is 19.1 Å². The van der Waals surface area contributed by atoms with Gasteiger partial charge in [-0.3, -0.25) is 0 Å². The van der Waals surface area contributed by atoms with E-state index in [0.29, 0.717) is 0 Å². The molecule has 2 rings (SSSR count). The van der Waals surface area contributed by atoms with Crippen molar-refractivity contribution in [2.24, 2.45) is 0 Å². The summed E-state index contributed by atoms with van der Waals surface area (Å²) in [6, 6.07) is 15.6. The molecule has 5 heteroatoms. The van der Waals surface area contributed by atoms with Crippen LogP contribution in [0.5, 0.6) is 11.5 Å². The van der Waals surface area contributed by atoms with Crippen LogP contribution >= 0.6 is 0 Å². The van der Waals surface area contributed by atoms with E-state index in [0.717, 1.165) is 22.9 Å². The van der Waals surface area contributed by atoms with Gasteiger partial charge in [-0.1, -0.05) is 0 Å². The van der Waals surface area contributed by atoms with Crippen molar-refractivity contribution in [1.29, 1.82) is 0 Å². The van der Waals surface area contributed by atoms with Crippen LogP contribution in [0.4, 0.5) is 11.4 Å². The molecule has 109 valence electrons. The first-order valence-electron chi connectivity index (χ1n) is 6.76. The highest BCUT2D eigenvalue weighted by Crippen LogP contribution is 2.19. The lowest BCUT2D eigenvalue weighted by Gasteiger charge is -2.14. The molecule has 0 aliphatic rings. The zero-order valence-corrected chi connectivity index (χ0v) is 12.9. The van der Waals surface area contributed by atoms with Crippen molar-refractivity contribution in [2.45, 2.75) is 0 Å². The highest BCUT2D eigenvalue weighted by Gasteiger charge is 2.03. The van der Waals surface area contributed by atoms with Gasteiger partial charge in [0.25, 0.3) is 0 Å². The highest BCUT2D eigenvalue weighted by atomic mass is 16.6. The van der Waals surface area contributed by atoms with Gasteiger partial charge in [0, 0.05) is 39.6 Å². The van der Waals surface area contributed by atoms with E-state index in [-0.39, 0.29) is 0 Å². The molecular formula is C16H20BN2O2. The van der Waals surface area contributed by atoms with E-state index in [9.17, 15) is 0 Å². The Balaban J connectivity index is 1.83. The van der Waals surface area contributed by atoms with E-state index < -0.39 is 0 Å². The van der Waals surface area contributed by atoms with Gasteiger partial charge in [0.05, 0.1) is 0 Å². The highest BCUT2D eigenvalue weighted by molar-refractivity contribution is 6.20. The molecule has 0 amide bonds. The Morgan fingerprint density at radius 2 is 0.952 bits per heavy atom. The lowest BCUT2D eigenvalue weighted by molar-refractivity contribution is 0.459. The standard InChI is InChI=1S/C16H20BN2O2/c1-18(2)13-5-9-15(10-6-13)20-17-21-16-11-7-14(8-12-16)19(3)4/h5-12H,1-4H3. The van der Waals surface area contributed by atoms with Crippen LogP contribution in [0.2, 0.25) is 0 Å². The summed E-state index contributed by atoms with van der Waals surface area (Å²) in [4.78, 5) is 4.08. The topological polar surface area (TPSA) is 24.9 Å². The minimum Gasteiger partial charge on any atom is -0.526 e. The summed E-state index contributed by atoms with van der Waals surface area (Å²) in [6.45, 7) is 0. The fraction of sp³-hybridized carbons (Fsp3) is 0.250. The Kier molecular flexibility index (Phi) is 4.98. The fourth-order valence-corrected chi connectivity index (χ4v) is 1.78. The van der Waals surface area contributed by atoms with E-state index in [1.807, 2.05) is 86.5 Å². The molecule has 0 atom stereocenters. The quantitative estimate of drug-likeness (QED) is 0.761. The van der Waals surface area contributed by atoms with E-state index in [4.69, 9.17) is 9.31 Å². The van der Waals surface area contributed by atoms with Crippen molar-refractivity contribution in [3.63, 3.8) is 0 Å². The molecule has 4 nitrogen and oxygen atoms in total. The summed E-state index contributed by atoms with van der Waals surface area (Å²) in [5, 5.41) is 0. The number of anilines is 2. The average molecular weight is 283 g/mol. The molecule has 21 heavy (non-hydrogen) atoms. The van der Waals surface area contributed by atoms with Gasteiger partial charge in [-0.2, -0.15) is 0 Å². The molecule has 1 radical (unpaired) electrons. The predicted octanol–water partition coefficient (Wildman–Crippen LogP) is 2.81. The maximum absolute atomic E-state index is 5.45. The Morgan fingerprint density at radius 1 is 0.619 bits per heavy atom. The second-order valence-electron chi connectivity index (χ2n) is 5.11. The number of hydrogen-bond acceptors (Lipinski definition) is 4. The average Bonchev–Trinajstić information content (AvgIpc) is 2.48. The second-order valence-corrected chi connectivity index (χ2v) is 5.11. The van der Waals surface area contributed by atoms with Crippen molar-refractivity contribution >= 4 is 19.1 Å². The lowest BCUT2D eigenvalue weighted by atomic mass is 10.2. The third-order valence-electron chi connectivity index (χ3n) is 3.07. The van der Waals surface area contributed by atoms with E-state index in [1.54, 1.807) is 0 Å². The molecule has 0 bridgehead atoms. The van der Waals surface area contributed by atoms with Crippen molar-refractivity contribution in [1.82, 2.24) is 0 Å². The molecule has 0 saturated carbocycles. The van der Waals surface area contributed by atoms with E-state index >= 15 is 0 Å². The molecule has 2 aromatic carbocycles. The number of hydrogen-bond donors (Lipinski definition) is 0. The molecule has 0 aliphatic heterocycles. The van der Waals surface area contributed by atoms with Crippen LogP contribution in [0.3, 0.4) is 0 Å². The lowest BCUT2D eigenvalue weighted by Crippen LogP contribution is -2.12. The van der Waals surface area contributed by atoms with Crippen LogP contribution in [0.15, 0.2) is 48.5 Å². The van der Waals surface area contributed by atoms with Gasteiger partial charge in [0.2, 0.25) is 0 Å². The summed E-state index contributed by atoms with van der Waals surface area (Å²) in [6.07, 6.45) is 0. The Bertz CT molecular complexity index is 502. The molecule has 0 heterocycles. The van der Waals surface area contributed by atoms with Gasteiger partial charge in [-0.15, -0.1) is 0 Å². The molecule has 2 aromatic rings. The van der Waals surface area contributed by atoms with E-state index in [1.165, 1.54) is 7.69 Å². The summed E-state index contributed by atoms with van der Waals surface area (Å²) in [5.74, 6) is 1.48. The zero-order chi connectivity index (χ0) is 15.2. The molecule has 0 aromatic heterocycles. The first-order chi connectivity index (χ1) is 10.1. The van der Waals surface area contributed by atoms with Crippen molar-refractivity contribution in [3.05, 3.63) is 48.5 Å². The second kappa shape index (κ2) is 6.93. The Labute approximate surface area is 127 Å². The van der Waals surface area contributed by atoms with Gasteiger partial charge >= 0.3 is 7.69 Å². The first kappa shape index (κ1) is 15.1. The van der Waals surface area contributed by atoms with Crippen molar-refractivity contribution in [3.8, 4) is 11.5 Å². The fourth-order valence-electron chi connectivity index (χ4n) is 1.78. The largest absolute Gasteiger partial charge is 0.658 e. The SMILES string of the molecule is CN(C)c1ccc(O[B]Oc2ccc(N(C)C)cc2)cc1. The molecule has 0 N–H and O–H groups in total. The summed E-state index contributed by atoms with van der Waals surface area (Å²) >= 11 is 0. The summed E-state index contributed by atoms with van der Waals surface area (Å²) in [7, 11) is 9.35. The van der Waals surface area contributed by atoms with Crippen LogP contribution in [0, 0.1) is 0 Å². The van der Waals surface area contributed by atoms with Crippen LogP contribution in [-0.2, 0) is 0 Å². The van der Waals surface area contributed by atoms with Crippen molar-refractivity contribution in [2.75, 3.05) is 38.0 Å². The third kappa shape index (κ3) is 4.34. The molecular weight excluding hydrogens is 263 g/mol. The van der Waals surface area contributed by atoms with E-state index in [2.05, 4.69) is 0 Å².